The Morgan fingerprint density at radius 3 is 1.45 bits per heavy atom. The van der Waals surface area contributed by atoms with Gasteiger partial charge in [0.15, 0.2) is 0 Å². The first-order valence-corrected chi connectivity index (χ1v) is 18.8. The van der Waals surface area contributed by atoms with Crippen LogP contribution in [-0.4, -0.2) is 19.2 Å². The molecule has 10 rings (SSSR count). The molecule has 0 spiro atoms. The Bertz CT molecular complexity index is 2590. The number of rotatable bonds is 5. The topological polar surface area (TPSA) is 57.5 Å². The zero-order chi connectivity index (χ0) is 39.1. The number of imidazole rings is 2. The molecule has 0 N–H and O–H groups in total. The Hall–Kier alpha value is -6.73. The molecule has 0 aliphatic rings. The molecule has 0 aliphatic carbocycles. The standard InChI is InChI=1S/2C21H17N2.C8H6N3.Ir/c2*1-16-7-5-9-18(13-16)22-15-23(19-10-6-8-17(2)14-19)21-12-4-3-11-20(21)22;1-2-5-9-7(3-1)8-4-6-10-11-8;/h2*3-9,11-14H,1-2H3;1-6H;/q3*-1;. The smallest absolute Gasteiger partial charge is 0.268 e. The summed E-state index contributed by atoms with van der Waals surface area (Å²) in [5.74, 6) is 0. The summed E-state index contributed by atoms with van der Waals surface area (Å²) in [6, 6.07) is 60.1. The van der Waals surface area contributed by atoms with Crippen LogP contribution in [0.25, 0.3) is 56.2 Å². The zero-order valence-corrected chi connectivity index (χ0v) is 35.0. The summed E-state index contributed by atoms with van der Waals surface area (Å²) >= 11 is 0. The third-order valence-electron chi connectivity index (χ3n) is 9.40. The molecule has 10 aromatic rings. The molecular weight excluding hydrogens is 891 g/mol. The normalized spacial score (nSPS) is 10.6. The van der Waals surface area contributed by atoms with E-state index in [9.17, 15) is 0 Å². The first-order valence-electron chi connectivity index (χ1n) is 18.8. The van der Waals surface area contributed by atoms with E-state index < -0.39 is 0 Å². The van der Waals surface area contributed by atoms with Crippen molar-refractivity contribution in [2.24, 2.45) is 0 Å². The van der Waals surface area contributed by atoms with Crippen LogP contribution >= 0.6 is 0 Å². The van der Waals surface area contributed by atoms with Gasteiger partial charge in [-0.2, -0.15) is 59.7 Å². The van der Waals surface area contributed by atoms with Crippen molar-refractivity contribution in [1.82, 2.24) is 24.3 Å². The predicted molar refractivity (Wildman–Crippen MR) is 225 cm³/mol. The van der Waals surface area contributed by atoms with E-state index in [1.807, 2.05) is 36.4 Å². The molecule has 0 atom stereocenters. The molecule has 287 valence electrons. The molecule has 0 bridgehead atoms. The van der Waals surface area contributed by atoms with Gasteiger partial charge in [-0.1, -0.05) is 116 Å². The third kappa shape index (κ3) is 8.79. The van der Waals surface area contributed by atoms with Gasteiger partial charge >= 0.3 is 0 Å². The zero-order valence-electron chi connectivity index (χ0n) is 32.6. The molecule has 8 heteroatoms. The first kappa shape index (κ1) is 39.5. The fourth-order valence-electron chi connectivity index (χ4n) is 6.66. The number of nitrogens with zero attached hydrogens (tertiary/aromatic N) is 7. The van der Waals surface area contributed by atoms with Crippen LogP contribution in [0.1, 0.15) is 22.3 Å². The van der Waals surface area contributed by atoms with E-state index in [1.165, 1.54) is 22.3 Å². The van der Waals surface area contributed by atoms with Crippen molar-refractivity contribution in [2.45, 2.75) is 27.7 Å². The van der Waals surface area contributed by atoms with Crippen molar-refractivity contribution < 1.29 is 29.2 Å². The van der Waals surface area contributed by atoms with Crippen LogP contribution in [0, 0.1) is 52.5 Å². The van der Waals surface area contributed by atoms with Gasteiger partial charge in [-0.25, -0.2) is 0 Å². The van der Waals surface area contributed by atoms with Crippen molar-refractivity contribution in [3.05, 3.63) is 217 Å². The second kappa shape index (κ2) is 18.0. The van der Waals surface area contributed by atoms with Gasteiger partial charge < -0.3 is 19.3 Å². The number of hydrogen-bond acceptors (Lipinski definition) is 2. The average Bonchev–Trinajstić information content (AvgIpc) is 4.01. The Balaban J connectivity index is 0.000000139. The fourth-order valence-corrected chi connectivity index (χ4v) is 6.66. The van der Waals surface area contributed by atoms with Crippen molar-refractivity contribution >= 4 is 22.1 Å². The fraction of sp³-hybridized carbons (Fsp3) is 0.0800. The molecule has 6 aromatic carbocycles. The number of aromatic nitrogens is 7. The van der Waals surface area contributed by atoms with Crippen LogP contribution in [0.3, 0.4) is 0 Å². The molecule has 7 nitrogen and oxygen atoms in total. The molecular formula is C50H40IrN7-3. The molecule has 0 fully saturated rings. The van der Waals surface area contributed by atoms with Gasteiger partial charge in [-0.05, 0) is 61.6 Å². The Labute approximate surface area is 352 Å². The number of benzene rings is 6. The van der Waals surface area contributed by atoms with Crippen LogP contribution in [0.4, 0.5) is 0 Å². The average molecular weight is 931 g/mol. The van der Waals surface area contributed by atoms with Crippen LogP contribution < -0.4 is 14.2 Å². The monoisotopic (exact) mass is 931 g/mol. The largest absolute Gasteiger partial charge is 0.574 e. The number of para-hydroxylation sites is 4. The van der Waals surface area contributed by atoms with Crippen LogP contribution in [0.2, 0.25) is 0 Å². The molecule has 0 amide bonds. The Morgan fingerprint density at radius 1 is 0.500 bits per heavy atom. The van der Waals surface area contributed by atoms with Gasteiger partial charge in [0.05, 0.1) is 33.4 Å². The summed E-state index contributed by atoms with van der Waals surface area (Å²) in [7, 11) is 0. The van der Waals surface area contributed by atoms with Gasteiger partial charge in [-0.3, -0.25) is 14.1 Å². The minimum absolute atomic E-state index is 0. The van der Waals surface area contributed by atoms with Crippen molar-refractivity contribution in [2.75, 3.05) is 0 Å². The van der Waals surface area contributed by atoms with Crippen molar-refractivity contribution in [1.29, 1.82) is 0 Å². The summed E-state index contributed by atoms with van der Waals surface area (Å²) in [4.78, 5) is 4.12. The molecule has 0 aliphatic heterocycles. The second-order valence-corrected chi connectivity index (χ2v) is 13.8. The van der Waals surface area contributed by atoms with E-state index in [-0.39, 0.29) is 20.1 Å². The van der Waals surface area contributed by atoms with E-state index >= 15 is 0 Å². The molecule has 0 saturated heterocycles. The number of hydrogen-bond donors (Lipinski definition) is 0. The summed E-state index contributed by atoms with van der Waals surface area (Å²) in [5, 5.41) is 7.58. The van der Waals surface area contributed by atoms with Gasteiger partial charge in [0.1, 0.15) is 0 Å². The van der Waals surface area contributed by atoms with E-state index in [2.05, 4.69) is 207 Å². The maximum atomic E-state index is 4.12. The van der Waals surface area contributed by atoms with E-state index in [0.717, 1.165) is 56.2 Å². The Kier molecular flexibility index (Phi) is 12.3. The quantitative estimate of drug-likeness (QED) is 0.128. The van der Waals surface area contributed by atoms with Crippen LogP contribution in [0.15, 0.2) is 170 Å². The number of pyridine rings is 1. The van der Waals surface area contributed by atoms with Gasteiger partial charge in [0.2, 0.25) is 0 Å². The molecule has 4 aromatic heterocycles. The first-order chi connectivity index (χ1) is 27.9. The minimum atomic E-state index is 0. The summed E-state index contributed by atoms with van der Waals surface area (Å²) in [6.07, 6.45) is 10.4. The molecule has 58 heavy (non-hydrogen) atoms. The molecule has 0 saturated carbocycles. The van der Waals surface area contributed by atoms with Gasteiger partial charge in [-0.15, -0.1) is 0 Å². The van der Waals surface area contributed by atoms with Crippen molar-refractivity contribution in [3.63, 3.8) is 0 Å². The maximum Gasteiger partial charge on any atom is 0.268 e. The van der Waals surface area contributed by atoms with Gasteiger partial charge in [0.25, 0.3) is 12.7 Å². The van der Waals surface area contributed by atoms with Crippen LogP contribution in [-0.2, 0) is 20.1 Å². The molecule has 1 radical (unpaired) electrons. The van der Waals surface area contributed by atoms with E-state index in [0.29, 0.717) is 0 Å². The summed E-state index contributed by atoms with van der Waals surface area (Å²) < 4.78 is 8.37. The van der Waals surface area contributed by atoms with Crippen molar-refractivity contribution in [3.8, 4) is 34.1 Å². The van der Waals surface area contributed by atoms with E-state index in [4.69, 9.17) is 0 Å². The predicted octanol–water partition coefficient (Wildman–Crippen LogP) is 9.35. The number of aryl methyl sites for hydroxylation is 4. The Morgan fingerprint density at radius 2 is 1.00 bits per heavy atom. The summed E-state index contributed by atoms with van der Waals surface area (Å²) in [6.45, 7) is 8.41. The second-order valence-electron chi connectivity index (χ2n) is 13.8. The summed E-state index contributed by atoms with van der Waals surface area (Å²) in [5.41, 5.74) is 15.4. The minimum Gasteiger partial charge on any atom is -0.574 e. The van der Waals surface area contributed by atoms with Gasteiger partial charge in [0, 0.05) is 38.2 Å². The SMILES string of the molecule is Cc1cc[c-]c(-n2[c-][n+](-c3cccc(C)c3)c3ccccc32)c1.Cc1cc[c-]c(-n2[c-][n+](-c3cccc(C)c3)c3ccccc32)c1.[Ir].c1ccc(-c2ccn[n-]2)nc1. The van der Waals surface area contributed by atoms with Crippen LogP contribution in [0.5, 0.6) is 0 Å². The third-order valence-corrected chi connectivity index (χ3v) is 9.40. The molecule has 0 unspecified atom stereocenters. The molecule has 4 heterocycles. The van der Waals surface area contributed by atoms with E-state index in [1.54, 1.807) is 12.4 Å². The maximum absolute atomic E-state index is 4.12. The number of fused-ring (bicyclic) bond motifs is 2.